The van der Waals surface area contributed by atoms with Crippen LogP contribution < -0.4 is 4.74 Å². The Balaban J connectivity index is 3.38. The first-order valence-electron chi connectivity index (χ1n) is 3.69. The van der Waals surface area contributed by atoms with E-state index in [0.29, 0.717) is 6.07 Å². The zero-order chi connectivity index (χ0) is 11.6. The van der Waals surface area contributed by atoms with Crippen LogP contribution in [0.3, 0.4) is 0 Å². The van der Waals surface area contributed by atoms with Crippen molar-refractivity contribution in [1.82, 2.24) is 4.98 Å². The molecule has 15 heavy (non-hydrogen) atoms. The molecule has 0 aliphatic carbocycles. The van der Waals surface area contributed by atoms with Gasteiger partial charge < -0.3 is 4.74 Å². The van der Waals surface area contributed by atoms with Gasteiger partial charge in [0.15, 0.2) is 17.3 Å². The number of nitrogens with zero attached hydrogens (tertiary/aromatic N) is 1. The highest BCUT2D eigenvalue weighted by Crippen LogP contribution is 2.27. The van der Waals surface area contributed by atoms with Crippen LogP contribution in [0.1, 0.15) is 22.6 Å². The lowest BCUT2D eigenvalue weighted by atomic mass is 10.2. The van der Waals surface area contributed by atoms with Gasteiger partial charge in [-0.3, -0.25) is 4.79 Å². The number of hydrogen-bond donors (Lipinski definition) is 0. The minimum Gasteiger partial charge on any atom is -0.491 e. The van der Waals surface area contributed by atoms with Crippen molar-refractivity contribution in [3.63, 3.8) is 0 Å². The third kappa shape index (κ3) is 2.38. The Morgan fingerprint density at radius 3 is 2.60 bits per heavy atom. The van der Waals surface area contributed by atoms with Crippen molar-refractivity contribution in [2.75, 3.05) is 7.11 Å². The third-order valence-electron chi connectivity index (χ3n) is 1.56. The van der Waals surface area contributed by atoms with E-state index in [9.17, 15) is 18.0 Å². The summed E-state index contributed by atoms with van der Waals surface area (Å²) in [5.41, 5.74) is -1.52. The van der Waals surface area contributed by atoms with Gasteiger partial charge in [-0.1, -0.05) is 0 Å². The smallest absolute Gasteiger partial charge is 0.280 e. The van der Waals surface area contributed by atoms with Crippen LogP contribution in [0.4, 0.5) is 13.2 Å². The van der Waals surface area contributed by atoms with Gasteiger partial charge in [-0.05, 0) is 11.6 Å². The van der Waals surface area contributed by atoms with Crippen molar-refractivity contribution < 1.29 is 22.7 Å². The quantitative estimate of drug-likeness (QED) is 0.761. The normalized spacial score (nSPS) is 10.5. The molecule has 0 bridgehead atoms. The van der Waals surface area contributed by atoms with Gasteiger partial charge in [0.1, 0.15) is 5.69 Å². The summed E-state index contributed by atoms with van der Waals surface area (Å²) < 4.78 is 42.0. The summed E-state index contributed by atoms with van der Waals surface area (Å²) in [6.45, 7) is 0. The van der Waals surface area contributed by atoms with Crippen LogP contribution in [0.25, 0.3) is 0 Å². The molecule has 7 heteroatoms. The van der Waals surface area contributed by atoms with E-state index in [2.05, 4.69) is 9.72 Å². The second-order valence-electron chi connectivity index (χ2n) is 2.49. The molecule has 1 aromatic heterocycles. The molecule has 0 N–H and O–H groups in total. The van der Waals surface area contributed by atoms with Crippen LogP contribution in [0.15, 0.2) is 6.07 Å². The van der Waals surface area contributed by atoms with E-state index in [4.69, 9.17) is 11.6 Å². The molecule has 0 aliphatic heterocycles. The average molecular weight is 240 g/mol. The van der Waals surface area contributed by atoms with Gasteiger partial charge in [0.2, 0.25) is 0 Å². The van der Waals surface area contributed by atoms with Gasteiger partial charge in [0.05, 0.1) is 7.11 Å². The highest BCUT2D eigenvalue weighted by molar-refractivity contribution is 6.67. The summed E-state index contributed by atoms with van der Waals surface area (Å²) in [4.78, 5) is 14.0. The Hall–Kier alpha value is -1.30. The van der Waals surface area contributed by atoms with Crippen molar-refractivity contribution in [3.8, 4) is 5.75 Å². The predicted molar refractivity (Wildman–Crippen MR) is 45.9 cm³/mol. The molecule has 1 heterocycles. The summed E-state index contributed by atoms with van der Waals surface area (Å²) in [7, 11) is 1.07. The van der Waals surface area contributed by atoms with E-state index < -0.39 is 34.6 Å². The van der Waals surface area contributed by atoms with E-state index in [-0.39, 0.29) is 0 Å². The Morgan fingerprint density at radius 1 is 1.60 bits per heavy atom. The molecule has 1 aromatic rings. The van der Waals surface area contributed by atoms with E-state index in [1.54, 1.807) is 0 Å². The SMILES string of the molecule is COc1c(F)cc(C(F)F)nc1C(=O)Cl. The molecule has 0 amide bonds. The molecule has 0 radical (unpaired) electrons. The minimum absolute atomic E-state index is 0.493. The lowest BCUT2D eigenvalue weighted by Crippen LogP contribution is -2.05. The predicted octanol–water partition coefficient (Wildman–Crippen LogP) is 2.55. The minimum atomic E-state index is -2.99. The zero-order valence-corrected chi connectivity index (χ0v) is 8.19. The maximum atomic E-state index is 13.1. The molecule has 0 atom stereocenters. The van der Waals surface area contributed by atoms with Crippen molar-refractivity contribution in [1.29, 1.82) is 0 Å². The first-order valence-corrected chi connectivity index (χ1v) is 4.07. The van der Waals surface area contributed by atoms with E-state index in [1.807, 2.05) is 0 Å². The number of hydrogen-bond acceptors (Lipinski definition) is 3. The maximum absolute atomic E-state index is 13.1. The number of carbonyl (C=O) groups excluding carboxylic acids is 1. The molecule has 0 spiro atoms. The molecule has 3 nitrogen and oxygen atoms in total. The number of carbonyl (C=O) groups is 1. The molecule has 1 rings (SSSR count). The van der Waals surface area contributed by atoms with Gasteiger partial charge in [-0.2, -0.15) is 0 Å². The number of pyridine rings is 1. The Kier molecular flexibility index (Phi) is 3.52. The van der Waals surface area contributed by atoms with Crippen LogP contribution in [-0.4, -0.2) is 17.3 Å². The van der Waals surface area contributed by atoms with Crippen LogP contribution in [-0.2, 0) is 0 Å². The fraction of sp³-hybridized carbons (Fsp3) is 0.250. The molecule has 0 aromatic carbocycles. The van der Waals surface area contributed by atoms with Crippen molar-refractivity contribution in [2.24, 2.45) is 0 Å². The number of ether oxygens (including phenoxy) is 1. The van der Waals surface area contributed by atoms with E-state index in [0.717, 1.165) is 7.11 Å². The average Bonchev–Trinajstić information content (AvgIpc) is 2.16. The van der Waals surface area contributed by atoms with E-state index >= 15 is 0 Å². The number of rotatable bonds is 3. The van der Waals surface area contributed by atoms with Crippen LogP contribution in [0.2, 0.25) is 0 Å². The molecular formula is C8H5ClF3NO2. The monoisotopic (exact) mass is 239 g/mol. The van der Waals surface area contributed by atoms with Crippen molar-refractivity contribution >= 4 is 16.8 Å². The largest absolute Gasteiger partial charge is 0.491 e. The lowest BCUT2D eigenvalue weighted by molar-refractivity contribution is 0.107. The summed E-state index contributed by atoms with van der Waals surface area (Å²) in [5, 5.41) is -1.16. The lowest BCUT2D eigenvalue weighted by Gasteiger charge is -2.07. The van der Waals surface area contributed by atoms with Crippen molar-refractivity contribution in [2.45, 2.75) is 6.43 Å². The fourth-order valence-corrected chi connectivity index (χ4v) is 1.09. The Labute approximate surface area is 87.8 Å². The van der Waals surface area contributed by atoms with Crippen LogP contribution in [0, 0.1) is 5.82 Å². The molecular weight excluding hydrogens is 235 g/mol. The summed E-state index contributed by atoms with van der Waals surface area (Å²) in [6.07, 6.45) is -2.99. The van der Waals surface area contributed by atoms with Crippen LogP contribution >= 0.6 is 11.6 Å². The fourth-order valence-electron chi connectivity index (χ4n) is 0.960. The van der Waals surface area contributed by atoms with Gasteiger partial charge in [-0.15, -0.1) is 0 Å². The Bertz CT molecular complexity index is 398. The number of alkyl halides is 2. The summed E-state index contributed by atoms with van der Waals surface area (Å²) in [6, 6.07) is 0.493. The van der Waals surface area contributed by atoms with E-state index in [1.165, 1.54) is 0 Å². The first kappa shape index (κ1) is 11.8. The molecule has 0 fully saturated rings. The molecule has 0 saturated heterocycles. The summed E-state index contributed by atoms with van der Waals surface area (Å²) in [5.74, 6) is -1.65. The molecule has 0 saturated carbocycles. The zero-order valence-electron chi connectivity index (χ0n) is 7.43. The van der Waals surface area contributed by atoms with Gasteiger partial charge in [0, 0.05) is 6.07 Å². The highest BCUT2D eigenvalue weighted by atomic mass is 35.5. The second-order valence-corrected chi connectivity index (χ2v) is 2.83. The van der Waals surface area contributed by atoms with Gasteiger partial charge in [0.25, 0.3) is 11.7 Å². The highest BCUT2D eigenvalue weighted by Gasteiger charge is 2.21. The van der Waals surface area contributed by atoms with Gasteiger partial charge >= 0.3 is 0 Å². The topological polar surface area (TPSA) is 39.2 Å². The third-order valence-corrected chi connectivity index (χ3v) is 1.74. The maximum Gasteiger partial charge on any atom is 0.280 e. The standard InChI is InChI=1S/C8H5ClF3NO2/c1-15-6-3(10)2-4(8(11)12)13-5(6)7(9)14/h2,8H,1H3. The molecule has 0 aliphatic rings. The summed E-state index contributed by atoms with van der Waals surface area (Å²) >= 11 is 5.04. The first-order chi connectivity index (χ1) is 6.97. The number of methoxy groups -OCH3 is 1. The van der Waals surface area contributed by atoms with Gasteiger partial charge in [-0.25, -0.2) is 18.2 Å². The molecule has 82 valence electrons. The number of aromatic nitrogens is 1. The second kappa shape index (κ2) is 4.48. The van der Waals surface area contributed by atoms with Crippen molar-refractivity contribution in [3.05, 3.63) is 23.3 Å². The van der Waals surface area contributed by atoms with Crippen LogP contribution in [0.5, 0.6) is 5.75 Å². The number of halogens is 4. The molecule has 0 unspecified atom stereocenters. The Morgan fingerprint density at radius 2 is 2.20 bits per heavy atom.